The van der Waals surface area contributed by atoms with E-state index in [4.69, 9.17) is 20.2 Å². The van der Waals surface area contributed by atoms with Crippen LogP contribution in [-0.2, 0) is 13.1 Å². The van der Waals surface area contributed by atoms with Crippen molar-refractivity contribution >= 4 is 5.82 Å². The first-order chi connectivity index (χ1) is 15.7. The van der Waals surface area contributed by atoms with Crippen LogP contribution in [0.4, 0.5) is 5.82 Å². The van der Waals surface area contributed by atoms with E-state index >= 15 is 0 Å². The number of nitrogens with zero attached hydrogens (tertiary/aromatic N) is 2. The SMILES string of the molecule is COc1ccc(-c2nc(N)cc(-c3ccccc3OC)n2)cc1CNCc1ccccc1. The average Bonchev–Trinajstić information content (AvgIpc) is 2.84. The van der Waals surface area contributed by atoms with Crippen LogP contribution in [0.25, 0.3) is 22.6 Å². The summed E-state index contributed by atoms with van der Waals surface area (Å²) in [6.45, 7) is 1.41. The van der Waals surface area contributed by atoms with Crippen LogP contribution in [0.1, 0.15) is 11.1 Å². The predicted octanol–water partition coefficient (Wildman–Crippen LogP) is 4.70. The molecular weight excluding hydrogens is 400 g/mol. The number of hydrogen-bond acceptors (Lipinski definition) is 6. The van der Waals surface area contributed by atoms with Crippen molar-refractivity contribution in [3.05, 3.63) is 90.0 Å². The minimum Gasteiger partial charge on any atom is -0.496 e. The summed E-state index contributed by atoms with van der Waals surface area (Å²) < 4.78 is 11.1. The van der Waals surface area contributed by atoms with Gasteiger partial charge in [0.2, 0.25) is 0 Å². The van der Waals surface area contributed by atoms with Gasteiger partial charge in [-0.05, 0) is 35.9 Å². The lowest BCUT2D eigenvalue weighted by Crippen LogP contribution is -2.13. The van der Waals surface area contributed by atoms with Crippen LogP contribution in [0.2, 0.25) is 0 Å². The number of nitrogens with two attached hydrogens (primary N) is 1. The van der Waals surface area contributed by atoms with E-state index in [0.29, 0.717) is 23.9 Å². The molecule has 3 aromatic carbocycles. The lowest BCUT2D eigenvalue weighted by Gasteiger charge is -2.13. The Morgan fingerprint density at radius 3 is 2.31 bits per heavy atom. The normalized spacial score (nSPS) is 10.7. The van der Waals surface area contributed by atoms with Crippen molar-refractivity contribution in [2.24, 2.45) is 0 Å². The number of rotatable bonds is 8. The number of methoxy groups -OCH3 is 2. The summed E-state index contributed by atoms with van der Waals surface area (Å²) in [6.07, 6.45) is 0. The van der Waals surface area contributed by atoms with E-state index in [0.717, 1.165) is 34.7 Å². The topological polar surface area (TPSA) is 82.3 Å². The van der Waals surface area contributed by atoms with Gasteiger partial charge in [-0.1, -0.05) is 42.5 Å². The first kappa shape index (κ1) is 21.3. The molecule has 0 saturated carbocycles. The Morgan fingerprint density at radius 1 is 0.781 bits per heavy atom. The van der Waals surface area contributed by atoms with Crippen molar-refractivity contribution < 1.29 is 9.47 Å². The summed E-state index contributed by atoms with van der Waals surface area (Å²) in [5.41, 5.74) is 10.8. The molecule has 0 amide bonds. The number of aromatic nitrogens is 2. The van der Waals surface area contributed by atoms with E-state index < -0.39 is 0 Å². The summed E-state index contributed by atoms with van der Waals surface area (Å²) in [5, 5.41) is 3.47. The van der Waals surface area contributed by atoms with E-state index in [1.807, 2.05) is 60.7 Å². The molecule has 4 rings (SSSR count). The molecule has 3 N–H and O–H groups in total. The maximum absolute atomic E-state index is 6.14. The number of hydrogen-bond donors (Lipinski definition) is 2. The first-order valence-electron chi connectivity index (χ1n) is 10.4. The van der Waals surface area contributed by atoms with Gasteiger partial charge in [0, 0.05) is 35.8 Å². The second kappa shape index (κ2) is 9.94. The highest BCUT2D eigenvalue weighted by Gasteiger charge is 2.13. The molecule has 0 spiro atoms. The van der Waals surface area contributed by atoms with Gasteiger partial charge in [-0.2, -0.15) is 0 Å². The monoisotopic (exact) mass is 426 g/mol. The molecule has 0 aliphatic heterocycles. The fourth-order valence-corrected chi connectivity index (χ4v) is 3.58. The molecule has 0 saturated heterocycles. The Balaban J connectivity index is 1.63. The molecule has 6 heteroatoms. The highest BCUT2D eigenvalue weighted by atomic mass is 16.5. The van der Waals surface area contributed by atoms with Crippen molar-refractivity contribution in [1.82, 2.24) is 15.3 Å². The molecule has 162 valence electrons. The minimum atomic E-state index is 0.399. The largest absolute Gasteiger partial charge is 0.496 e. The minimum absolute atomic E-state index is 0.399. The first-order valence-corrected chi connectivity index (χ1v) is 10.4. The van der Waals surface area contributed by atoms with Crippen molar-refractivity contribution in [3.8, 4) is 34.1 Å². The Hall–Kier alpha value is -3.90. The van der Waals surface area contributed by atoms with Crippen LogP contribution < -0.4 is 20.5 Å². The average molecular weight is 427 g/mol. The molecule has 0 aliphatic rings. The van der Waals surface area contributed by atoms with Gasteiger partial charge in [0.1, 0.15) is 17.3 Å². The molecule has 1 aromatic heterocycles. The molecule has 0 radical (unpaired) electrons. The highest BCUT2D eigenvalue weighted by Crippen LogP contribution is 2.31. The zero-order valence-corrected chi connectivity index (χ0v) is 18.2. The van der Waals surface area contributed by atoms with Crippen molar-refractivity contribution in [2.75, 3.05) is 20.0 Å². The summed E-state index contributed by atoms with van der Waals surface area (Å²) in [4.78, 5) is 9.25. The van der Waals surface area contributed by atoms with E-state index in [1.165, 1.54) is 5.56 Å². The van der Waals surface area contributed by atoms with Gasteiger partial charge in [0.15, 0.2) is 5.82 Å². The second-order valence-corrected chi connectivity index (χ2v) is 7.32. The van der Waals surface area contributed by atoms with Crippen molar-refractivity contribution in [3.63, 3.8) is 0 Å². The maximum atomic E-state index is 6.14. The molecular formula is C26H26N4O2. The van der Waals surface area contributed by atoms with Crippen LogP contribution in [-0.4, -0.2) is 24.2 Å². The molecule has 0 bridgehead atoms. The molecule has 0 aliphatic carbocycles. The fourth-order valence-electron chi connectivity index (χ4n) is 3.58. The maximum Gasteiger partial charge on any atom is 0.162 e. The zero-order valence-electron chi connectivity index (χ0n) is 18.2. The molecule has 32 heavy (non-hydrogen) atoms. The van der Waals surface area contributed by atoms with E-state index in [1.54, 1.807) is 20.3 Å². The van der Waals surface area contributed by atoms with Gasteiger partial charge >= 0.3 is 0 Å². The Bertz CT molecular complexity index is 1200. The third kappa shape index (κ3) is 4.87. The summed E-state index contributed by atoms with van der Waals surface area (Å²) in [6, 6.07) is 25.7. The molecule has 0 atom stereocenters. The van der Waals surface area contributed by atoms with Gasteiger partial charge in [-0.25, -0.2) is 9.97 Å². The van der Waals surface area contributed by atoms with Crippen LogP contribution in [0, 0.1) is 0 Å². The number of para-hydroxylation sites is 1. The Kier molecular flexibility index (Phi) is 6.63. The molecule has 6 nitrogen and oxygen atoms in total. The van der Waals surface area contributed by atoms with Gasteiger partial charge in [-0.15, -0.1) is 0 Å². The highest BCUT2D eigenvalue weighted by molar-refractivity contribution is 5.72. The summed E-state index contributed by atoms with van der Waals surface area (Å²) in [5.74, 6) is 2.49. The van der Waals surface area contributed by atoms with Crippen LogP contribution in [0.5, 0.6) is 11.5 Å². The lowest BCUT2D eigenvalue weighted by atomic mass is 10.1. The number of benzene rings is 3. The summed E-state index contributed by atoms with van der Waals surface area (Å²) >= 11 is 0. The Morgan fingerprint density at radius 2 is 1.53 bits per heavy atom. The van der Waals surface area contributed by atoms with Gasteiger partial charge in [-0.3, -0.25) is 0 Å². The number of anilines is 1. The van der Waals surface area contributed by atoms with Crippen LogP contribution in [0.15, 0.2) is 78.9 Å². The molecule has 0 fully saturated rings. The third-order valence-corrected chi connectivity index (χ3v) is 5.15. The third-order valence-electron chi connectivity index (χ3n) is 5.15. The zero-order chi connectivity index (χ0) is 22.3. The van der Waals surface area contributed by atoms with E-state index in [-0.39, 0.29) is 0 Å². The summed E-state index contributed by atoms with van der Waals surface area (Å²) in [7, 11) is 3.31. The van der Waals surface area contributed by atoms with Crippen LogP contribution >= 0.6 is 0 Å². The lowest BCUT2D eigenvalue weighted by molar-refractivity contribution is 0.407. The molecule has 1 heterocycles. The fraction of sp³-hybridized carbons (Fsp3) is 0.154. The van der Waals surface area contributed by atoms with E-state index in [9.17, 15) is 0 Å². The van der Waals surface area contributed by atoms with Crippen LogP contribution in [0.3, 0.4) is 0 Å². The molecule has 0 unspecified atom stereocenters. The smallest absolute Gasteiger partial charge is 0.162 e. The number of ether oxygens (including phenoxy) is 2. The van der Waals surface area contributed by atoms with E-state index in [2.05, 4.69) is 22.4 Å². The van der Waals surface area contributed by atoms with Gasteiger partial charge in [0.05, 0.1) is 19.9 Å². The van der Waals surface area contributed by atoms with Crippen molar-refractivity contribution in [1.29, 1.82) is 0 Å². The van der Waals surface area contributed by atoms with Crippen molar-refractivity contribution in [2.45, 2.75) is 13.1 Å². The van der Waals surface area contributed by atoms with Gasteiger partial charge in [0.25, 0.3) is 0 Å². The van der Waals surface area contributed by atoms with Gasteiger partial charge < -0.3 is 20.5 Å². The number of nitrogens with one attached hydrogen (secondary N) is 1. The quantitative estimate of drug-likeness (QED) is 0.425. The Labute approximate surface area is 188 Å². The second-order valence-electron chi connectivity index (χ2n) is 7.32. The number of nitrogen functional groups attached to an aromatic ring is 1. The molecule has 4 aromatic rings. The standard InChI is InChI=1S/C26H26N4O2/c1-31-23-13-12-19(14-20(23)17-28-16-18-8-4-3-5-9-18)26-29-22(15-25(27)30-26)21-10-6-7-11-24(21)32-2/h3-15,28H,16-17H2,1-2H3,(H2,27,29,30). The predicted molar refractivity (Wildman–Crippen MR) is 127 cm³/mol.